The molecule has 0 saturated carbocycles. The Morgan fingerprint density at radius 1 is 1.00 bits per heavy atom. The van der Waals surface area contributed by atoms with Crippen LogP contribution >= 0.6 is 0 Å². The van der Waals surface area contributed by atoms with Gasteiger partial charge in [0, 0.05) is 14.1 Å². The molecule has 0 N–H and O–H groups in total. The highest BCUT2D eigenvalue weighted by Crippen LogP contribution is 2.29. The summed E-state index contributed by atoms with van der Waals surface area (Å²) in [5.41, 5.74) is 4.63. The fraction of sp³-hybridized carbons (Fsp3) is 0.350. The molecule has 0 unspecified atom stereocenters. The SMILES string of the molecule is CCOc1cc(/C=N/N(C)C)ccc1OCc1cc(C)ccc1C. The third-order valence-corrected chi connectivity index (χ3v) is 3.59. The standard InChI is InChI=1S/C20H26N2O2/c1-6-23-20-12-17(13-21-22(4)5)9-10-19(20)24-14-18-11-15(2)7-8-16(18)3/h7-13H,6,14H2,1-5H3/b21-13+. The first kappa shape index (κ1) is 17.9. The monoisotopic (exact) mass is 326 g/mol. The molecule has 0 saturated heterocycles. The van der Waals surface area contributed by atoms with Crippen molar-refractivity contribution < 1.29 is 9.47 Å². The van der Waals surface area contributed by atoms with Gasteiger partial charge in [0.1, 0.15) is 6.61 Å². The molecular formula is C20H26N2O2. The lowest BCUT2D eigenvalue weighted by molar-refractivity contribution is 0.269. The molecule has 2 rings (SSSR count). The third-order valence-electron chi connectivity index (χ3n) is 3.59. The van der Waals surface area contributed by atoms with Crippen molar-refractivity contribution in [2.24, 2.45) is 5.10 Å². The van der Waals surface area contributed by atoms with Gasteiger partial charge in [0.2, 0.25) is 0 Å². The summed E-state index contributed by atoms with van der Waals surface area (Å²) >= 11 is 0. The van der Waals surface area contributed by atoms with Crippen LogP contribution in [0, 0.1) is 13.8 Å². The average molecular weight is 326 g/mol. The predicted octanol–water partition coefficient (Wildman–Crippen LogP) is 4.18. The molecule has 0 radical (unpaired) electrons. The first-order chi connectivity index (χ1) is 11.5. The Morgan fingerprint density at radius 2 is 1.79 bits per heavy atom. The van der Waals surface area contributed by atoms with E-state index < -0.39 is 0 Å². The van der Waals surface area contributed by atoms with Crippen LogP contribution in [0.2, 0.25) is 0 Å². The van der Waals surface area contributed by atoms with Crippen LogP contribution in [0.3, 0.4) is 0 Å². The molecule has 0 heterocycles. The second-order valence-electron chi connectivity index (χ2n) is 5.95. The topological polar surface area (TPSA) is 34.1 Å². The normalized spacial score (nSPS) is 10.9. The number of hydrazone groups is 1. The number of nitrogens with zero attached hydrogens (tertiary/aromatic N) is 2. The lowest BCUT2D eigenvalue weighted by Gasteiger charge is -2.14. The van der Waals surface area contributed by atoms with Gasteiger partial charge in [-0.25, -0.2) is 0 Å². The van der Waals surface area contributed by atoms with Gasteiger partial charge in [-0.05, 0) is 55.7 Å². The zero-order valence-corrected chi connectivity index (χ0v) is 15.2. The van der Waals surface area contributed by atoms with Crippen molar-refractivity contribution in [3.05, 3.63) is 58.7 Å². The van der Waals surface area contributed by atoms with Crippen LogP contribution in [0.4, 0.5) is 0 Å². The lowest BCUT2D eigenvalue weighted by atomic mass is 10.1. The van der Waals surface area contributed by atoms with Gasteiger partial charge >= 0.3 is 0 Å². The molecule has 2 aromatic carbocycles. The van der Waals surface area contributed by atoms with Gasteiger partial charge in [-0.1, -0.05) is 23.8 Å². The molecule has 4 heteroatoms. The molecular weight excluding hydrogens is 300 g/mol. The summed E-state index contributed by atoms with van der Waals surface area (Å²) in [5, 5.41) is 6.01. The second-order valence-corrected chi connectivity index (χ2v) is 5.95. The van der Waals surface area contributed by atoms with E-state index in [4.69, 9.17) is 9.47 Å². The van der Waals surface area contributed by atoms with Crippen molar-refractivity contribution in [3.8, 4) is 11.5 Å². The summed E-state index contributed by atoms with van der Waals surface area (Å²) in [6, 6.07) is 12.3. The fourth-order valence-corrected chi connectivity index (χ4v) is 2.29. The Labute approximate surface area is 144 Å². The number of benzene rings is 2. The van der Waals surface area contributed by atoms with Crippen LogP contribution in [0.1, 0.15) is 29.2 Å². The molecule has 24 heavy (non-hydrogen) atoms. The van der Waals surface area contributed by atoms with E-state index in [2.05, 4.69) is 37.1 Å². The summed E-state index contributed by atoms with van der Waals surface area (Å²) in [6.45, 7) is 7.28. The zero-order chi connectivity index (χ0) is 17.5. The highest BCUT2D eigenvalue weighted by atomic mass is 16.5. The molecule has 0 amide bonds. The fourth-order valence-electron chi connectivity index (χ4n) is 2.29. The molecule has 0 atom stereocenters. The summed E-state index contributed by atoms with van der Waals surface area (Å²) in [6.07, 6.45) is 1.80. The van der Waals surface area contributed by atoms with E-state index in [-0.39, 0.29) is 0 Å². The van der Waals surface area contributed by atoms with Gasteiger partial charge in [-0.3, -0.25) is 0 Å². The molecule has 0 aliphatic rings. The minimum atomic E-state index is 0.527. The Bertz CT molecular complexity index is 709. The molecule has 0 aromatic heterocycles. The van der Waals surface area contributed by atoms with Crippen molar-refractivity contribution in [2.75, 3.05) is 20.7 Å². The number of hydrogen-bond donors (Lipinski definition) is 0. The lowest BCUT2D eigenvalue weighted by Crippen LogP contribution is -2.03. The molecule has 0 bridgehead atoms. The van der Waals surface area contributed by atoms with Crippen LogP contribution in [-0.4, -0.2) is 31.9 Å². The zero-order valence-electron chi connectivity index (χ0n) is 15.2. The van der Waals surface area contributed by atoms with E-state index in [9.17, 15) is 0 Å². The summed E-state index contributed by atoms with van der Waals surface area (Å²) in [7, 11) is 3.78. The largest absolute Gasteiger partial charge is 0.490 e. The molecule has 128 valence electrons. The Balaban J connectivity index is 2.18. The van der Waals surface area contributed by atoms with E-state index in [1.807, 2.05) is 39.2 Å². The average Bonchev–Trinajstić information content (AvgIpc) is 2.55. The second kappa shape index (κ2) is 8.39. The van der Waals surface area contributed by atoms with Crippen molar-refractivity contribution in [1.82, 2.24) is 5.01 Å². The maximum absolute atomic E-state index is 6.01. The van der Waals surface area contributed by atoms with Crippen LogP contribution < -0.4 is 9.47 Å². The summed E-state index contributed by atoms with van der Waals surface area (Å²) in [5.74, 6) is 1.49. The minimum Gasteiger partial charge on any atom is -0.490 e. The summed E-state index contributed by atoms with van der Waals surface area (Å²) in [4.78, 5) is 0. The van der Waals surface area contributed by atoms with Gasteiger partial charge in [0.05, 0.1) is 12.8 Å². The van der Waals surface area contributed by atoms with Gasteiger partial charge < -0.3 is 14.5 Å². The maximum atomic E-state index is 6.01. The van der Waals surface area contributed by atoms with Crippen molar-refractivity contribution >= 4 is 6.21 Å². The minimum absolute atomic E-state index is 0.527. The molecule has 4 nitrogen and oxygen atoms in total. The van der Waals surface area contributed by atoms with Crippen LogP contribution in [-0.2, 0) is 6.61 Å². The number of aryl methyl sites for hydroxylation is 2. The quantitative estimate of drug-likeness (QED) is 0.565. The Morgan fingerprint density at radius 3 is 2.50 bits per heavy atom. The summed E-state index contributed by atoms with van der Waals surface area (Å²) < 4.78 is 11.7. The number of rotatable bonds is 7. The number of hydrogen-bond acceptors (Lipinski definition) is 4. The van der Waals surface area contributed by atoms with Gasteiger partial charge in [-0.15, -0.1) is 0 Å². The van der Waals surface area contributed by atoms with Gasteiger partial charge in [-0.2, -0.15) is 5.10 Å². The van der Waals surface area contributed by atoms with Gasteiger partial charge in [0.25, 0.3) is 0 Å². The van der Waals surface area contributed by atoms with Gasteiger partial charge in [0.15, 0.2) is 11.5 Å². The van der Waals surface area contributed by atoms with E-state index in [1.54, 1.807) is 11.2 Å². The van der Waals surface area contributed by atoms with E-state index in [1.165, 1.54) is 16.7 Å². The van der Waals surface area contributed by atoms with E-state index in [0.29, 0.717) is 13.2 Å². The van der Waals surface area contributed by atoms with Crippen molar-refractivity contribution in [1.29, 1.82) is 0 Å². The van der Waals surface area contributed by atoms with Crippen LogP contribution in [0.5, 0.6) is 11.5 Å². The highest BCUT2D eigenvalue weighted by Gasteiger charge is 2.08. The first-order valence-electron chi connectivity index (χ1n) is 8.16. The Hall–Kier alpha value is -2.49. The van der Waals surface area contributed by atoms with Crippen molar-refractivity contribution in [3.63, 3.8) is 0 Å². The third kappa shape index (κ3) is 5.01. The molecule has 0 aliphatic heterocycles. The Kier molecular flexibility index (Phi) is 6.24. The predicted molar refractivity (Wildman–Crippen MR) is 99.1 cm³/mol. The number of ether oxygens (including phenoxy) is 2. The molecule has 2 aromatic rings. The highest BCUT2D eigenvalue weighted by molar-refractivity contribution is 5.80. The van der Waals surface area contributed by atoms with E-state index in [0.717, 1.165) is 17.1 Å². The van der Waals surface area contributed by atoms with E-state index >= 15 is 0 Å². The first-order valence-corrected chi connectivity index (χ1v) is 8.16. The maximum Gasteiger partial charge on any atom is 0.161 e. The van der Waals surface area contributed by atoms with Crippen LogP contribution in [0.25, 0.3) is 0 Å². The van der Waals surface area contributed by atoms with Crippen molar-refractivity contribution in [2.45, 2.75) is 27.4 Å². The smallest absolute Gasteiger partial charge is 0.161 e. The van der Waals surface area contributed by atoms with Crippen LogP contribution in [0.15, 0.2) is 41.5 Å². The molecule has 0 fully saturated rings. The molecule has 0 aliphatic carbocycles. The molecule has 0 spiro atoms.